The van der Waals surface area contributed by atoms with E-state index in [2.05, 4.69) is 0 Å². The molecule has 1 heterocycles. The van der Waals surface area contributed by atoms with Gasteiger partial charge in [-0.1, -0.05) is 30.3 Å². The van der Waals surface area contributed by atoms with Crippen molar-refractivity contribution in [2.24, 2.45) is 0 Å². The summed E-state index contributed by atoms with van der Waals surface area (Å²) in [7, 11) is 0. The first kappa shape index (κ1) is 18.6. The second-order valence-corrected chi connectivity index (χ2v) is 6.49. The van der Waals surface area contributed by atoms with Crippen LogP contribution in [-0.4, -0.2) is 35.9 Å². The molecule has 0 bridgehead atoms. The van der Waals surface area contributed by atoms with Crippen LogP contribution in [0.4, 0.5) is 5.69 Å². The van der Waals surface area contributed by atoms with Crippen molar-refractivity contribution in [1.29, 1.82) is 0 Å². The minimum Gasteiger partial charge on any atom is -0.494 e. The maximum Gasteiger partial charge on any atom is 0.312 e. The Hall–Kier alpha value is -3.15. The second kappa shape index (κ2) is 8.03. The van der Waals surface area contributed by atoms with E-state index in [1.165, 1.54) is 6.92 Å². The number of ether oxygens (including phenoxy) is 1. The van der Waals surface area contributed by atoms with E-state index >= 15 is 0 Å². The summed E-state index contributed by atoms with van der Waals surface area (Å²) in [5.41, 5.74) is 1.93. The third-order valence-electron chi connectivity index (χ3n) is 4.61. The Kier molecular flexibility index (Phi) is 5.54. The minimum atomic E-state index is -0.925. The molecule has 140 valence electrons. The Balaban J connectivity index is 1.55. The summed E-state index contributed by atoms with van der Waals surface area (Å²) in [5, 5.41) is 9.38. The molecule has 1 N–H and O–H groups in total. The van der Waals surface area contributed by atoms with Gasteiger partial charge < -0.3 is 14.7 Å². The lowest BCUT2D eigenvalue weighted by molar-refractivity contribution is -0.138. The average Bonchev–Trinajstić information content (AvgIpc) is 3.05. The number of carboxylic acid groups (broad SMARTS) is 1. The van der Waals surface area contributed by atoms with Crippen LogP contribution >= 0.6 is 0 Å². The van der Waals surface area contributed by atoms with Gasteiger partial charge in [0.15, 0.2) is 5.78 Å². The number of amides is 1. The molecule has 27 heavy (non-hydrogen) atoms. The summed E-state index contributed by atoms with van der Waals surface area (Å²) in [6.45, 7) is 2.00. The number of Topliss-reactive ketones (excluding diaryl/α,β-unsaturated/α-hetero) is 1. The Labute approximate surface area is 157 Å². The van der Waals surface area contributed by atoms with Gasteiger partial charge in [0, 0.05) is 24.2 Å². The van der Waals surface area contributed by atoms with Gasteiger partial charge in [0.25, 0.3) is 0 Å². The van der Waals surface area contributed by atoms with Crippen molar-refractivity contribution in [1.82, 2.24) is 0 Å². The zero-order chi connectivity index (χ0) is 19.4. The van der Waals surface area contributed by atoms with Gasteiger partial charge in [-0.25, -0.2) is 0 Å². The number of nitrogens with zero attached hydrogens (tertiary/aromatic N) is 1. The van der Waals surface area contributed by atoms with E-state index in [0.29, 0.717) is 35.6 Å². The predicted octanol–water partition coefficient (Wildman–Crippen LogP) is 3.26. The summed E-state index contributed by atoms with van der Waals surface area (Å²) >= 11 is 0. The van der Waals surface area contributed by atoms with Gasteiger partial charge in [-0.15, -0.1) is 0 Å². The lowest BCUT2D eigenvalue weighted by Crippen LogP contribution is -2.31. The second-order valence-electron chi connectivity index (χ2n) is 6.49. The first-order valence-electron chi connectivity index (χ1n) is 8.83. The van der Waals surface area contributed by atoms with Crippen LogP contribution < -0.4 is 9.64 Å². The number of benzene rings is 2. The van der Waals surface area contributed by atoms with E-state index < -0.39 is 11.9 Å². The van der Waals surface area contributed by atoms with Crippen LogP contribution in [0.15, 0.2) is 48.5 Å². The fourth-order valence-electron chi connectivity index (χ4n) is 3.21. The van der Waals surface area contributed by atoms with Gasteiger partial charge in [0.1, 0.15) is 11.7 Å². The molecule has 0 radical (unpaired) electrons. The molecule has 2 aromatic rings. The molecule has 1 atom stereocenters. The summed E-state index contributed by atoms with van der Waals surface area (Å²) in [6.07, 6.45) is 0.757. The van der Waals surface area contributed by atoms with E-state index in [4.69, 9.17) is 4.74 Å². The standard InChI is InChI=1S/C21H21NO5/c1-14(23)15-6-4-7-16(12-15)27-11-5-10-20(24)22-13-18(21(25)26)17-8-2-3-9-19(17)22/h2-4,6-9,12,18H,5,10-11,13H2,1H3,(H,25,26). The van der Waals surface area contributed by atoms with Crippen LogP contribution in [0.1, 0.15) is 41.6 Å². The first-order valence-corrected chi connectivity index (χ1v) is 8.83. The first-order chi connectivity index (χ1) is 13.0. The Morgan fingerprint density at radius 1 is 1.15 bits per heavy atom. The van der Waals surface area contributed by atoms with Crippen molar-refractivity contribution in [3.05, 3.63) is 59.7 Å². The molecular formula is C21H21NO5. The molecule has 0 aromatic heterocycles. The molecule has 0 fully saturated rings. The number of para-hydroxylation sites is 1. The van der Waals surface area contributed by atoms with Crippen LogP contribution in [0.25, 0.3) is 0 Å². The number of hydrogen-bond acceptors (Lipinski definition) is 4. The van der Waals surface area contributed by atoms with Crippen molar-refractivity contribution < 1.29 is 24.2 Å². The van der Waals surface area contributed by atoms with Gasteiger partial charge in [0.2, 0.25) is 5.91 Å². The SMILES string of the molecule is CC(=O)c1cccc(OCCCC(=O)N2CC(C(=O)O)c3ccccc32)c1. The molecule has 3 rings (SSSR count). The van der Waals surface area contributed by atoms with Gasteiger partial charge >= 0.3 is 5.97 Å². The molecular weight excluding hydrogens is 346 g/mol. The normalized spacial score (nSPS) is 15.3. The number of hydrogen-bond donors (Lipinski definition) is 1. The van der Waals surface area contributed by atoms with Crippen LogP contribution in [0.5, 0.6) is 5.75 Å². The summed E-state index contributed by atoms with van der Waals surface area (Å²) in [4.78, 5) is 36.9. The van der Waals surface area contributed by atoms with Crippen molar-refractivity contribution >= 4 is 23.3 Å². The van der Waals surface area contributed by atoms with E-state index in [1.54, 1.807) is 53.4 Å². The number of carbonyl (C=O) groups is 3. The average molecular weight is 367 g/mol. The molecule has 6 nitrogen and oxygen atoms in total. The van der Waals surface area contributed by atoms with Crippen LogP contribution in [0.2, 0.25) is 0 Å². The lowest BCUT2D eigenvalue weighted by atomic mass is 10.0. The Morgan fingerprint density at radius 2 is 1.93 bits per heavy atom. The number of aliphatic carboxylic acids is 1. The summed E-state index contributed by atoms with van der Waals surface area (Å²) in [6, 6.07) is 14.0. The maximum absolute atomic E-state index is 12.6. The highest BCUT2D eigenvalue weighted by atomic mass is 16.5. The summed E-state index contributed by atoms with van der Waals surface area (Å²) in [5.74, 6) is -1.17. The molecule has 1 unspecified atom stereocenters. The molecule has 0 saturated carbocycles. The Morgan fingerprint density at radius 3 is 2.67 bits per heavy atom. The maximum atomic E-state index is 12.6. The van der Waals surface area contributed by atoms with E-state index in [1.807, 2.05) is 0 Å². The minimum absolute atomic E-state index is 0.0312. The highest BCUT2D eigenvalue weighted by molar-refractivity contribution is 5.99. The van der Waals surface area contributed by atoms with Crippen molar-refractivity contribution in [3.8, 4) is 5.75 Å². The van der Waals surface area contributed by atoms with E-state index in [-0.39, 0.29) is 24.7 Å². The molecule has 2 aromatic carbocycles. The largest absolute Gasteiger partial charge is 0.494 e. The third-order valence-corrected chi connectivity index (χ3v) is 4.61. The van der Waals surface area contributed by atoms with Gasteiger partial charge in [-0.05, 0) is 37.1 Å². The van der Waals surface area contributed by atoms with E-state index in [0.717, 1.165) is 0 Å². The third kappa shape index (κ3) is 4.16. The number of anilines is 1. The number of fused-ring (bicyclic) bond motifs is 1. The molecule has 0 aliphatic carbocycles. The molecule has 0 saturated heterocycles. The predicted molar refractivity (Wildman–Crippen MR) is 100 cm³/mol. The van der Waals surface area contributed by atoms with Crippen molar-refractivity contribution in [2.45, 2.75) is 25.7 Å². The molecule has 6 heteroatoms. The highest BCUT2D eigenvalue weighted by Gasteiger charge is 2.35. The van der Waals surface area contributed by atoms with Gasteiger partial charge in [0.05, 0.1) is 6.61 Å². The molecule has 1 aliphatic heterocycles. The zero-order valence-corrected chi connectivity index (χ0v) is 15.1. The quantitative estimate of drug-likeness (QED) is 0.600. The van der Waals surface area contributed by atoms with Crippen LogP contribution in [0, 0.1) is 0 Å². The molecule has 0 spiro atoms. The molecule has 1 amide bonds. The number of ketones is 1. The summed E-state index contributed by atoms with van der Waals surface area (Å²) < 4.78 is 5.62. The Bertz CT molecular complexity index is 876. The topological polar surface area (TPSA) is 83.9 Å². The number of carboxylic acids is 1. The molecule has 1 aliphatic rings. The fourth-order valence-corrected chi connectivity index (χ4v) is 3.21. The van der Waals surface area contributed by atoms with E-state index in [9.17, 15) is 19.5 Å². The zero-order valence-electron chi connectivity index (χ0n) is 15.1. The smallest absolute Gasteiger partial charge is 0.312 e. The van der Waals surface area contributed by atoms with Crippen molar-refractivity contribution in [3.63, 3.8) is 0 Å². The highest BCUT2D eigenvalue weighted by Crippen LogP contribution is 2.36. The monoisotopic (exact) mass is 367 g/mol. The number of carbonyl (C=O) groups excluding carboxylic acids is 2. The number of rotatable bonds is 7. The van der Waals surface area contributed by atoms with Crippen molar-refractivity contribution in [2.75, 3.05) is 18.1 Å². The van der Waals surface area contributed by atoms with Crippen LogP contribution in [0.3, 0.4) is 0 Å². The van der Waals surface area contributed by atoms with Gasteiger partial charge in [-0.3, -0.25) is 14.4 Å². The van der Waals surface area contributed by atoms with Gasteiger partial charge in [-0.2, -0.15) is 0 Å². The van der Waals surface area contributed by atoms with Crippen LogP contribution in [-0.2, 0) is 9.59 Å². The fraction of sp³-hybridized carbons (Fsp3) is 0.286. The lowest BCUT2D eigenvalue weighted by Gasteiger charge is -2.17.